The summed E-state index contributed by atoms with van der Waals surface area (Å²) in [6.45, 7) is 0. The van der Waals surface area contributed by atoms with Crippen LogP contribution in [0.1, 0.15) is 22.3 Å². The number of thiophene rings is 1. The van der Waals surface area contributed by atoms with E-state index >= 15 is 0 Å². The van der Waals surface area contributed by atoms with E-state index in [1.165, 1.54) is 98.3 Å². The third-order valence-corrected chi connectivity index (χ3v) is 15.8. The molecule has 1 spiro atoms. The summed E-state index contributed by atoms with van der Waals surface area (Å²) < 4.78 is 1.27. The van der Waals surface area contributed by atoms with Crippen LogP contribution in [0.15, 0.2) is 267 Å². The van der Waals surface area contributed by atoms with Crippen LogP contribution in [0.4, 0.5) is 34.1 Å². The summed E-state index contributed by atoms with van der Waals surface area (Å²) in [7, 11) is 0. The molecule has 0 atom stereocenters. The van der Waals surface area contributed by atoms with Gasteiger partial charge in [0.25, 0.3) is 0 Å². The maximum Gasteiger partial charge on any atom is 0.0761 e. The fraction of sp³-hybridized carbons (Fsp3) is 0.0149. The van der Waals surface area contributed by atoms with E-state index in [1.54, 1.807) is 0 Å². The second-order valence-corrected chi connectivity index (χ2v) is 19.4. The van der Waals surface area contributed by atoms with E-state index < -0.39 is 5.41 Å². The van der Waals surface area contributed by atoms with Crippen molar-refractivity contribution in [1.29, 1.82) is 0 Å². The lowest BCUT2D eigenvalue weighted by Gasteiger charge is -2.45. The molecule has 0 fully saturated rings. The Hall–Kier alpha value is -8.76. The molecular weight excluding hydrogens is 865 g/mol. The predicted octanol–water partition coefficient (Wildman–Crippen LogP) is 18.7. The van der Waals surface area contributed by atoms with Crippen LogP contribution in [0.5, 0.6) is 0 Å². The molecule has 2 aliphatic rings. The Bertz CT molecular complexity index is 3900. The van der Waals surface area contributed by atoms with Crippen LogP contribution in [0.3, 0.4) is 0 Å². The maximum atomic E-state index is 2.53. The van der Waals surface area contributed by atoms with Gasteiger partial charge in [-0.15, -0.1) is 11.3 Å². The second kappa shape index (κ2) is 16.2. The molecule has 0 saturated heterocycles. The number of rotatable bonds is 7. The fourth-order valence-corrected chi connectivity index (χ4v) is 12.8. The lowest BCUT2D eigenvalue weighted by molar-refractivity contribution is 0.759. The van der Waals surface area contributed by atoms with E-state index in [4.69, 9.17) is 0 Å². The molecule has 1 aromatic heterocycles. The van der Waals surface area contributed by atoms with Crippen molar-refractivity contribution in [3.05, 3.63) is 289 Å². The van der Waals surface area contributed by atoms with Crippen molar-refractivity contribution < 1.29 is 0 Å². The molecule has 2 nitrogen and oxygen atoms in total. The van der Waals surface area contributed by atoms with Crippen LogP contribution in [0, 0.1) is 0 Å². The largest absolute Gasteiger partial charge is 0.310 e. The third kappa shape index (κ3) is 6.12. The number of anilines is 6. The van der Waals surface area contributed by atoms with Gasteiger partial charge in [-0.25, -0.2) is 0 Å². The first-order chi connectivity index (χ1) is 34.7. The summed E-state index contributed by atoms with van der Waals surface area (Å²) in [4.78, 5) is 6.28. The molecule has 0 bridgehead atoms. The van der Waals surface area contributed by atoms with Gasteiger partial charge in [-0.2, -0.15) is 0 Å². The lowest BCUT2D eigenvalue weighted by atomic mass is 9.64. The molecule has 0 saturated carbocycles. The highest BCUT2D eigenvalue weighted by Crippen LogP contribution is 2.66. The summed E-state index contributed by atoms with van der Waals surface area (Å²) in [6, 6.07) is 98.8. The molecule has 328 valence electrons. The first kappa shape index (κ1) is 40.3. The average Bonchev–Trinajstić information content (AvgIpc) is 4.02. The van der Waals surface area contributed by atoms with Gasteiger partial charge in [0.05, 0.1) is 28.2 Å². The van der Waals surface area contributed by atoms with E-state index in [0.717, 1.165) is 22.7 Å². The predicted molar refractivity (Wildman–Crippen MR) is 296 cm³/mol. The van der Waals surface area contributed by atoms with Gasteiger partial charge in [-0.05, 0) is 127 Å². The van der Waals surface area contributed by atoms with Crippen LogP contribution < -0.4 is 9.80 Å². The smallest absolute Gasteiger partial charge is 0.0761 e. The Morgan fingerprint density at radius 1 is 0.371 bits per heavy atom. The molecule has 2 heterocycles. The van der Waals surface area contributed by atoms with Gasteiger partial charge in [0.1, 0.15) is 0 Å². The van der Waals surface area contributed by atoms with E-state index in [-0.39, 0.29) is 0 Å². The standard InChI is InChI=1S/C67H44N2S/c1-4-19-45(20-5-1)46-37-40-52(41-38-46)68(59-31-15-12-26-53(59)49-35-36-50-44-63(70-64(50)43-49)48-22-6-2-7-23-48)62-34-18-30-58-65(62)55-42-39-47-21-10-11-27-54(47)66(55)67(58)56-28-13-16-32-60(56)69(51-24-8-3-9-25-51)61-33-17-14-29-57(61)67/h1-44H. The normalized spacial score (nSPS) is 12.9. The molecule has 0 radical (unpaired) electrons. The summed E-state index contributed by atoms with van der Waals surface area (Å²) in [5.41, 5.74) is 19.8. The van der Waals surface area contributed by atoms with Crippen molar-refractivity contribution in [2.45, 2.75) is 5.41 Å². The van der Waals surface area contributed by atoms with Gasteiger partial charge in [0.2, 0.25) is 0 Å². The van der Waals surface area contributed by atoms with Crippen LogP contribution in [0.2, 0.25) is 0 Å². The molecule has 14 rings (SSSR count). The van der Waals surface area contributed by atoms with Crippen molar-refractivity contribution in [3.8, 4) is 43.8 Å². The van der Waals surface area contributed by atoms with E-state index in [0.29, 0.717) is 0 Å². The highest BCUT2D eigenvalue weighted by atomic mass is 32.1. The average molecular weight is 909 g/mol. The number of para-hydroxylation sites is 4. The molecule has 0 unspecified atom stereocenters. The number of benzene rings is 11. The molecule has 0 N–H and O–H groups in total. The number of fused-ring (bicyclic) bond motifs is 12. The zero-order valence-corrected chi connectivity index (χ0v) is 39.0. The number of nitrogens with zero attached hydrogens (tertiary/aromatic N) is 2. The van der Waals surface area contributed by atoms with E-state index in [2.05, 4.69) is 277 Å². The van der Waals surface area contributed by atoms with Crippen molar-refractivity contribution in [2.24, 2.45) is 0 Å². The quantitative estimate of drug-likeness (QED) is 0.157. The van der Waals surface area contributed by atoms with Gasteiger partial charge in [-0.3, -0.25) is 0 Å². The Labute approximate surface area is 412 Å². The zero-order valence-electron chi connectivity index (χ0n) is 38.2. The van der Waals surface area contributed by atoms with Crippen LogP contribution in [-0.2, 0) is 5.41 Å². The van der Waals surface area contributed by atoms with Gasteiger partial charge in [0, 0.05) is 32.1 Å². The Balaban J connectivity index is 1.05. The SMILES string of the molecule is c1ccc(-c2ccc(N(c3ccccc3-c3ccc4cc(-c5ccccc5)sc4c3)c3cccc4c3-c3ccc5ccccc5c3C43c4ccccc4N(c4ccccc4)c4ccccc43)cc2)cc1. The van der Waals surface area contributed by atoms with Crippen LogP contribution in [0.25, 0.3) is 64.7 Å². The van der Waals surface area contributed by atoms with E-state index in [9.17, 15) is 0 Å². The van der Waals surface area contributed by atoms with Gasteiger partial charge in [0.15, 0.2) is 0 Å². The number of hydrogen-bond acceptors (Lipinski definition) is 3. The summed E-state index contributed by atoms with van der Waals surface area (Å²) in [6.07, 6.45) is 0. The Kier molecular flexibility index (Phi) is 9.33. The fourth-order valence-electron chi connectivity index (χ4n) is 11.7. The molecule has 1 aliphatic carbocycles. The van der Waals surface area contributed by atoms with Crippen molar-refractivity contribution in [2.75, 3.05) is 9.80 Å². The van der Waals surface area contributed by atoms with E-state index in [1.807, 2.05) is 11.3 Å². The van der Waals surface area contributed by atoms with Crippen molar-refractivity contribution in [1.82, 2.24) is 0 Å². The molecule has 11 aromatic carbocycles. The molecule has 0 amide bonds. The first-order valence-corrected chi connectivity index (χ1v) is 24.9. The first-order valence-electron chi connectivity index (χ1n) is 24.1. The highest BCUT2D eigenvalue weighted by molar-refractivity contribution is 7.22. The van der Waals surface area contributed by atoms with Crippen LogP contribution in [-0.4, -0.2) is 0 Å². The molecule has 1 aliphatic heterocycles. The van der Waals surface area contributed by atoms with Crippen LogP contribution >= 0.6 is 11.3 Å². The minimum atomic E-state index is -0.650. The summed E-state index contributed by atoms with van der Waals surface area (Å²) in [5, 5.41) is 3.75. The molecule has 12 aromatic rings. The number of hydrogen-bond donors (Lipinski definition) is 0. The Morgan fingerprint density at radius 3 is 1.70 bits per heavy atom. The third-order valence-electron chi connectivity index (χ3n) is 14.6. The molecular formula is C67H44N2S. The lowest BCUT2D eigenvalue weighted by Crippen LogP contribution is -2.36. The van der Waals surface area contributed by atoms with Gasteiger partial charge in [-0.1, -0.05) is 206 Å². The topological polar surface area (TPSA) is 6.48 Å². The highest BCUT2D eigenvalue weighted by Gasteiger charge is 2.53. The second-order valence-electron chi connectivity index (χ2n) is 18.4. The van der Waals surface area contributed by atoms with Gasteiger partial charge >= 0.3 is 0 Å². The van der Waals surface area contributed by atoms with Crippen molar-refractivity contribution in [3.63, 3.8) is 0 Å². The Morgan fingerprint density at radius 2 is 0.943 bits per heavy atom. The minimum Gasteiger partial charge on any atom is -0.310 e. The zero-order chi connectivity index (χ0) is 46.2. The van der Waals surface area contributed by atoms with Crippen molar-refractivity contribution >= 4 is 66.3 Å². The summed E-state index contributed by atoms with van der Waals surface area (Å²) >= 11 is 1.86. The monoisotopic (exact) mass is 908 g/mol. The maximum absolute atomic E-state index is 2.53. The molecule has 70 heavy (non-hydrogen) atoms. The summed E-state index contributed by atoms with van der Waals surface area (Å²) in [5.74, 6) is 0. The minimum absolute atomic E-state index is 0.650. The molecule has 3 heteroatoms. The van der Waals surface area contributed by atoms with Gasteiger partial charge < -0.3 is 9.80 Å².